The fraction of sp³-hybridized carbons (Fsp3) is 0.417. The van der Waals surface area contributed by atoms with Gasteiger partial charge < -0.3 is 5.11 Å². The van der Waals surface area contributed by atoms with Gasteiger partial charge in [0, 0.05) is 0 Å². The number of rotatable bonds is 3. The molecule has 0 unspecified atom stereocenters. The summed E-state index contributed by atoms with van der Waals surface area (Å²) in [5, 5.41) is 8.83. The van der Waals surface area contributed by atoms with E-state index in [1.807, 2.05) is 20.8 Å². The van der Waals surface area contributed by atoms with Crippen LogP contribution in [0.3, 0.4) is 0 Å². The predicted octanol–water partition coefficient (Wildman–Crippen LogP) is 3.00. The highest BCUT2D eigenvalue weighted by Gasteiger charge is 2.16. The van der Waals surface area contributed by atoms with Crippen LogP contribution in [0.5, 0.6) is 0 Å². The van der Waals surface area contributed by atoms with Crippen LogP contribution >= 0.6 is 15.9 Å². The summed E-state index contributed by atoms with van der Waals surface area (Å²) in [7, 11) is 0. The highest BCUT2D eigenvalue weighted by molar-refractivity contribution is 9.10. The van der Waals surface area contributed by atoms with E-state index in [0.29, 0.717) is 6.42 Å². The Kier molecular flexibility index (Phi) is 3.91. The molecule has 0 saturated heterocycles. The smallest absolute Gasteiger partial charge is 0.317 e. The van der Waals surface area contributed by atoms with Crippen LogP contribution in [-0.2, 0) is 11.2 Å². The van der Waals surface area contributed by atoms with Crippen LogP contribution in [0.1, 0.15) is 22.3 Å². The molecule has 15 heavy (non-hydrogen) atoms. The van der Waals surface area contributed by atoms with Crippen molar-refractivity contribution in [2.75, 3.05) is 0 Å². The Hall–Kier alpha value is -0.830. The number of aryl methyl sites for hydroxylation is 3. The van der Waals surface area contributed by atoms with Gasteiger partial charge in [-0.15, -0.1) is 0 Å². The van der Waals surface area contributed by atoms with Crippen molar-refractivity contribution in [3.05, 3.63) is 34.4 Å². The maximum absolute atomic E-state index is 10.7. The van der Waals surface area contributed by atoms with E-state index < -0.39 is 10.8 Å². The minimum atomic E-state index is -0.811. The Balaban J connectivity index is 3.00. The first kappa shape index (κ1) is 12.2. The zero-order chi connectivity index (χ0) is 11.6. The molecule has 0 aliphatic carbocycles. The lowest BCUT2D eigenvalue weighted by molar-refractivity contribution is -0.136. The number of hydrogen-bond acceptors (Lipinski definition) is 1. The number of aliphatic carboxylic acids is 1. The SMILES string of the molecule is Cc1cc(C)c(C[C@@H](Br)C(=O)O)c(C)c1. The van der Waals surface area contributed by atoms with Gasteiger partial charge in [0.25, 0.3) is 0 Å². The summed E-state index contributed by atoms with van der Waals surface area (Å²) in [5.74, 6) is -0.811. The molecular formula is C12H15BrO2. The highest BCUT2D eigenvalue weighted by Crippen LogP contribution is 2.20. The Bertz CT molecular complexity index is 362. The monoisotopic (exact) mass is 270 g/mol. The molecule has 0 aliphatic rings. The predicted molar refractivity (Wildman–Crippen MR) is 64.7 cm³/mol. The van der Waals surface area contributed by atoms with Crippen LogP contribution < -0.4 is 0 Å². The van der Waals surface area contributed by atoms with E-state index in [9.17, 15) is 4.79 Å². The number of halogens is 1. The molecular weight excluding hydrogens is 256 g/mol. The van der Waals surface area contributed by atoms with Gasteiger partial charge in [0.1, 0.15) is 4.83 Å². The first-order chi connectivity index (χ1) is 6.91. The zero-order valence-electron chi connectivity index (χ0n) is 9.17. The van der Waals surface area contributed by atoms with Crippen molar-refractivity contribution >= 4 is 21.9 Å². The Morgan fingerprint density at radius 3 is 2.20 bits per heavy atom. The third-order valence-corrected chi connectivity index (χ3v) is 3.21. The molecule has 1 rings (SSSR count). The fourth-order valence-corrected chi connectivity index (χ4v) is 2.12. The molecule has 0 saturated carbocycles. The van der Waals surface area contributed by atoms with Gasteiger partial charge in [-0.25, -0.2) is 0 Å². The summed E-state index contributed by atoms with van der Waals surface area (Å²) in [6.45, 7) is 6.10. The zero-order valence-corrected chi connectivity index (χ0v) is 10.8. The van der Waals surface area contributed by atoms with E-state index in [0.717, 1.165) is 5.56 Å². The van der Waals surface area contributed by atoms with Crippen molar-refractivity contribution < 1.29 is 9.90 Å². The van der Waals surface area contributed by atoms with Crippen molar-refractivity contribution in [1.29, 1.82) is 0 Å². The Morgan fingerprint density at radius 2 is 1.80 bits per heavy atom. The summed E-state index contributed by atoms with van der Waals surface area (Å²) in [6, 6.07) is 4.17. The van der Waals surface area contributed by atoms with Crippen molar-refractivity contribution in [3.63, 3.8) is 0 Å². The van der Waals surface area contributed by atoms with Crippen LogP contribution in [-0.4, -0.2) is 15.9 Å². The Morgan fingerprint density at radius 1 is 1.33 bits per heavy atom. The molecule has 0 aliphatic heterocycles. The molecule has 1 aromatic rings. The quantitative estimate of drug-likeness (QED) is 0.858. The summed E-state index contributed by atoms with van der Waals surface area (Å²) >= 11 is 3.17. The molecule has 1 N–H and O–H groups in total. The minimum absolute atomic E-state index is 0.502. The van der Waals surface area contributed by atoms with Gasteiger partial charge in [0.2, 0.25) is 0 Å². The van der Waals surface area contributed by atoms with Crippen molar-refractivity contribution in [3.8, 4) is 0 Å². The Labute approximate surface area is 98.4 Å². The maximum Gasteiger partial charge on any atom is 0.317 e. The second kappa shape index (κ2) is 4.79. The first-order valence-electron chi connectivity index (χ1n) is 4.85. The molecule has 82 valence electrons. The molecule has 0 radical (unpaired) electrons. The number of carboxylic acid groups (broad SMARTS) is 1. The minimum Gasteiger partial charge on any atom is -0.480 e. The lowest BCUT2D eigenvalue weighted by Gasteiger charge is -2.12. The second-order valence-electron chi connectivity index (χ2n) is 3.89. The topological polar surface area (TPSA) is 37.3 Å². The molecule has 2 nitrogen and oxygen atoms in total. The highest BCUT2D eigenvalue weighted by atomic mass is 79.9. The van der Waals surface area contributed by atoms with Crippen LogP contribution in [0, 0.1) is 20.8 Å². The van der Waals surface area contributed by atoms with Crippen molar-refractivity contribution in [2.24, 2.45) is 0 Å². The van der Waals surface area contributed by atoms with Crippen LogP contribution in [0.15, 0.2) is 12.1 Å². The number of carbonyl (C=O) groups is 1. The lowest BCUT2D eigenvalue weighted by Crippen LogP contribution is -2.16. The average Bonchev–Trinajstić information content (AvgIpc) is 2.10. The third kappa shape index (κ3) is 3.06. The molecule has 0 bridgehead atoms. The second-order valence-corrected chi connectivity index (χ2v) is 4.99. The number of hydrogen-bond donors (Lipinski definition) is 1. The average molecular weight is 271 g/mol. The van der Waals surface area contributed by atoms with E-state index >= 15 is 0 Å². The molecule has 0 spiro atoms. The standard InChI is InChI=1S/C12H15BrO2/c1-7-4-8(2)10(9(3)5-7)6-11(13)12(14)15/h4-5,11H,6H2,1-3H3,(H,14,15)/t11-/m1/s1. The van der Waals surface area contributed by atoms with Crippen LogP contribution in [0.2, 0.25) is 0 Å². The van der Waals surface area contributed by atoms with Gasteiger partial charge in [0.15, 0.2) is 0 Å². The number of alkyl halides is 1. The van der Waals surface area contributed by atoms with E-state index in [-0.39, 0.29) is 0 Å². The van der Waals surface area contributed by atoms with Gasteiger partial charge in [-0.2, -0.15) is 0 Å². The molecule has 0 amide bonds. The largest absolute Gasteiger partial charge is 0.480 e. The number of carboxylic acids is 1. The van der Waals surface area contributed by atoms with Gasteiger partial charge >= 0.3 is 5.97 Å². The van der Waals surface area contributed by atoms with Gasteiger partial charge in [-0.3, -0.25) is 4.79 Å². The van der Waals surface area contributed by atoms with E-state index in [2.05, 4.69) is 28.1 Å². The summed E-state index contributed by atoms with van der Waals surface area (Å²) < 4.78 is 0. The van der Waals surface area contributed by atoms with Crippen LogP contribution in [0.4, 0.5) is 0 Å². The van der Waals surface area contributed by atoms with Crippen LogP contribution in [0.25, 0.3) is 0 Å². The molecule has 0 heterocycles. The number of benzene rings is 1. The van der Waals surface area contributed by atoms with E-state index in [4.69, 9.17) is 5.11 Å². The van der Waals surface area contributed by atoms with Gasteiger partial charge in [-0.1, -0.05) is 33.6 Å². The summed E-state index contributed by atoms with van der Waals surface area (Å²) in [4.78, 5) is 10.2. The molecule has 3 heteroatoms. The fourth-order valence-electron chi connectivity index (χ4n) is 1.80. The molecule has 1 atom stereocenters. The third-order valence-electron chi connectivity index (χ3n) is 2.49. The molecule has 0 aromatic heterocycles. The summed E-state index contributed by atoms with van der Waals surface area (Å²) in [5.41, 5.74) is 4.68. The lowest BCUT2D eigenvalue weighted by atomic mass is 9.96. The summed E-state index contributed by atoms with van der Waals surface area (Å²) in [6.07, 6.45) is 0.535. The van der Waals surface area contributed by atoms with Crippen molar-refractivity contribution in [2.45, 2.75) is 32.0 Å². The van der Waals surface area contributed by atoms with Crippen molar-refractivity contribution in [1.82, 2.24) is 0 Å². The first-order valence-corrected chi connectivity index (χ1v) is 5.77. The normalized spacial score (nSPS) is 12.5. The maximum atomic E-state index is 10.7. The van der Waals surface area contributed by atoms with E-state index in [1.165, 1.54) is 16.7 Å². The molecule has 1 aromatic carbocycles. The molecule has 0 fully saturated rings. The van der Waals surface area contributed by atoms with Gasteiger partial charge in [-0.05, 0) is 43.9 Å². The van der Waals surface area contributed by atoms with E-state index in [1.54, 1.807) is 0 Å². The van der Waals surface area contributed by atoms with Gasteiger partial charge in [0.05, 0.1) is 0 Å².